The van der Waals surface area contributed by atoms with Crippen molar-refractivity contribution < 1.29 is 4.79 Å². The monoisotopic (exact) mass is 405 g/mol. The van der Waals surface area contributed by atoms with Gasteiger partial charge in [-0.15, -0.1) is 0 Å². The quantitative estimate of drug-likeness (QED) is 0.669. The number of nitrogens with one attached hydrogen (secondary N) is 2. The molecule has 0 saturated carbocycles. The first-order valence-electron chi connectivity index (χ1n) is 10.4. The molecule has 0 bridgehead atoms. The highest BCUT2D eigenvalue weighted by Gasteiger charge is 2.17. The molecule has 1 amide bonds. The molecule has 0 aliphatic carbocycles. The molecule has 3 aromatic rings. The van der Waals surface area contributed by atoms with Crippen LogP contribution >= 0.6 is 0 Å². The van der Waals surface area contributed by atoms with Crippen LogP contribution in [0.2, 0.25) is 0 Å². The second-order valence-corrected chi connectivity index (χ2v) is 7.83. The zero-order chi connectivity index (χ0) is 21.1. The number of carbonyl (C=O) groups is 1. The lowest BCUT2D eigenvalue weighted by Gasteiger charge is -2.26. The number of fused-ring (bicyclic) bond motifs is 1. The van der Waals surface area contributed by atoms with E-state index in [1.807, 2.05) is 12.1 Å². The van der Waals surface area contributed by atoms with Crippen LogP contribution in [0.15, 0.2) is 30.7 Å². The maximum Gasteiger partial charge on any atom is 0.270 e. The van der Waals surface area contributed by atoms with Gasteiger partial charge in [-0.05, 0) is 48.3 Å². The van der Waals surface area contributed by atoms with Gasteiger partial charge in [0, 0.05) is 44.1 Å². The van der Waals surface area contributed by atoms with Crippen LogP contribution in [-0.4, -0.2) is 46.0 Å². The molecule has 8 heteroatoms. The van der Waals surface area contributed by atoms with Crippen molar-refractivity contribution in [2.75, 3.05) is 30.4 Å². The van der Waals surface area contributed by atoms with E-state index in [4.69, 9.17) is 0 Å². The first-order chi connectivity index (χ1) is 14.6. The molecule has 4 heterocycles. The van der Waals surface area contributed by atoms with Gasteiger partial charge in [-0.3, -0.25) is 9.78 Å². The molecule has 0 unspecified atom stereocenters. The lowest BCUT2D eigenvalue weighted by atomic mass is 9.98. The number of hydrogen-bond donors (Lipinski definition) is 2. The van der Waals surface area contributed by atoms with E-state index in [0.717, 1.165) is 35.4 Å². The van der Waals surface area contributed by atoms with Crippen molar-refractivity contribution in [2.45, 2.75) is 39.0 Å². The Bertz CT molecular complexity index is 1060. The first kappa shape index (κ1) is 20.0. The number of anilines is 3. The van der Waals surface area contributed by atoms with Crippen molar-refractivity contribution in [3.05, 3.63) is 42.0 Å². The maximum atomic E-state index is 12.2. The van der Waals surface area contributed by atoms with Gasteiger partial charge in [0.2, 0.25) is 5.95 Å². The molecule has 156 valence electrons. The van der Waals surface area contributed by atoms with Crippen LogP contribution in [0.5, 0.6) is 0 Å². The number of piperidine rings is 1. The summed E-state index contributed by atoms with van der Waals surface area (Å²) in [6, 6.07) is 3.80. The summed E-state index contributed by atoms with van der Waals surface area (Å²) in [6.45, 7) is 6.20. The fourth-order valence-electron chi connectivity index (χ4n) is 3.78. The molecule has 0 spiro atoms. The summed E-state index contributed by atoms with van der Waals surface area (Å²) in [5, 5.41) is 7.64. The molecule has 1 aliphatic heterocycles. The maximum absolute atomic E-state index is 12.2. The number of rotatable bonds is 5. The van der Waals surface area contributed by atoms with Crippen molar-refractivity contribution in [2.24, 2.45) is 0 Å². The lowest BCUT2D eigenvalue weighted by molar-refractivity contribution is 0.0960. The van der Waals surface area contributed by atoms with E-state index in [-0.39, 0.29) is 11.8 Å². The summed E-state index contributed by atoms with van der Waals surface area (Å²) >= 11 is 0. The third-order valence-corrected chi connectivity index (χ3v) is 5.40. The number of pyridine rings is 2. The van der Waals surface area contributed by atoms with E-state index >= 15 is 0 Å². The molecule has 2 N–H and O–H groups in total. The van der Waals surface area contributed by atoms with Crippen molar-refractivity contribution in [1.82, 2.24) is 25.3 Å². The Morgan fingerprint density at radius 1 is 1.03 bits per heavy atom. The molecule has 30 heavy (non-hydrogen) atoms. The first-order valence-corrected chi connectivity index (χ1v) is 10.4. The summed E-state index contributed by atoms with van der Waals surface area (Å²) in [4.78, 5) is 32.5. The van der Waals surface area contributed by atoms with Crippen LogP contribution in [-0.2, 0) is 0 Å². The zero-order valence-corrected chi connectivity index (χ0v) is 17.6. The largest absolute Gasteiger partial charge is 0.354 e. The fraction of sp³-hybridized carbons (Fsp3) is 0.409. The van der Waals surface area contributed by atoms with Crippen LogP contribution in [0.4, 0.5) is 17.6 Å². The van der Waals surface area contributed by atoms with Gasteiger partial charge in [-0.2, -0.15) is 4.98 Å². The normalized spacial score (nSPS) is 14.2. The molecule has 0 aromatic carbocycles. The molecule has 1 saturated heterocycles. The molecule has 3 aromatic heterocycles. The van der Waals surface area contributed by atoms with Crippen LogP contribution in [0.3, 0.4) is 0 Å². The van der Waals surface area contributed by atoms with Gasteiger partial charge in [0.1, 0.15) is 17.3 Å². The highest BCUT2D eigenvalue weighted by Crippen LogP contribution is 2.29. The number of hydrogen-bond acceptors (Lipinski definition) is 7. The minimum Gasteiger partial charge on any atom is -0.354 e. The highest BCUT2D eigenvalue weighted by molar-refractivity contribution is 6.06. The second-order valence-electron chi connectivity index (χ2n) is 7.83. The van der Waals surface area contributed by atoms with Crippen LogP contribution in [0.1, 0.15) is 55.1 Å². The predicted molar refractivity (Wildman–Crippen MR) is 118 cm³/mol. The zero-order valence-electron chi connectivity index (χ0n) is 17.6. The Morgan fingerprint density at radius 3 is 2.57 bits per heavy atom. The summed E-state index contributed by atoms with van der Waals surface area (Å²) in [5.74, 6) is 2.15. The Labute approximate surface area is 176 Å². The van der Waals surface area contributed by atoms with Gasteiger partial charge in [0.05, 0.1) is 0 Å². The Morgan fingerprint density at radius 2 is 1.83 bits per heavy atom. The third-order valence-electron chi connectivity index (χ3n) is 5.40. The summed E-state index contributed by atoms with van der Waals surface area (Å²) in [6.07, 6.45) is 8.86. The van der Waals surface area contributed by atoms with Crippen molar-refractivity contribution in [1.29, 1.82) is 0 Å². The number of carbonyl (C=O) groups excluding carboxylic acids is 1. The van der Waals surface area contributed by atoms with Crippen LogP contribution < -0.4 is 15.5 Å². The predicted octanol–water partition coefficient (Wildman–Crippen LogP) is 3.64. The molecule has 0 radical (unpaired) electrons. The van der Waals surface area contributed by atoms with E-state index in [1.54, 1.807) is 25.6 Å². The Balaban J connectivity index is 1.68. The van der Waals surface area contributed by atoms with Gasteiger partial charge in [0.25, 0.3) is 5.91 Å². The molecule has 0 atom stereocenters. The van der Waals surface area contributed by atoms with Crippen molar-refractivity contribution >= 4 is 34.3 Å². The van der Waals surface area contributed by atoms with Crippen LogP contribution in [0, 0.1) is 0 Å². The standard InChI is InChI=1S/C22H27N7O/c1-14(2)16-12-26-20(21(30)23-3)17-13-25-19(11-15(16)17)27-18-7-8-24-22(28-18)29-9-5-4-6-10-29/h7-8,11-14H,4-6,9-10H2,1-3H3,(H,23,30)(H,24,25,27,28). The van der Waals surface area contributed by atoms with E-state index in [9.17, 15) is 4.79 Å². The van der Waals surface area contributed by atoms with Gasteiger partial charge in [-0.1, -0.05) is 13.8 Å². The Hall–Kier alpha value is -3.29. The van der Waals surface area contributed by atoms with Crippen LogP contribution in [0.25, 0.3) is 10.8 Å². The fourth-order valence-corrected chi connectivity index (χ4v) is 3.78. The molecular formula is C22H27N7O. The van der Waals surface area contributed by atoms with E-state index < -0.39 is 0 Å². The van der Waals surface area contributed by atoms with E-state index in [1.165, 1.54) is 19.3 Å². The van der Waals surface area contributed by atoms with Crippen molar-refractivity contribution in [3.63, 3.8) is 0 Å². The molecule has 4 rings (SSSR count). The number of nitrogens with zero attached hydrogens (tertiary/aromatic N) is 5. The molecular weight excluding hydrogens is 378 g/mol. The van der Waals surface area contributed by atoms with Crippen molar-refractivity contribution in [3.8, 4) is 0 Å². The lowest BCUT2D eigenvalue weighted by Crippen LogP contribution is -2.31. The van der Waals surface area contributed by atoms with Gasteiger partial charge in [-0.25, -0.2) is 9.97 Å². The average Bonchev–Trinajstić information content (AvgIpc) is 2.78. The van der Waals surface area contributed by atoms with E-state index in [0.29, 0.717) is 17.3 Å². The van der Waals surface area contributed by atoms with Gasteiger partial charge < -0.3 is 15.5 Å². The Kier molecular flexibility index (Phi) is 5.74. The van der Waals surface area contributed by atoms with Gasteiger partial charge >= 0.3 is 0 Å². The summed E-state index contributed by atoms with van der Waals surface area (Å²) < 4.78 is 0. The molecule has 1 fully saturated rings. The SMILES string of the molecule is CNC(=O)c1ncc(C(C)C)c2cc(Nc3ccnc(N4CCCCC4)n3)ncc12. The summed E-state index contributed by atoms with van der Waals surface area (Å²) in [5.41, 5.74) is 1.45. The average molecular weight is 406 g/mol. The van der Waals surface area contributed by atoms with E-state index in [2.05, 4.69) is 49.3 Å². The minimum atomic E-state index is -0.222. The molecule has 1 aliphatic rings. The third kappa shape index (κ3) is 4.03. The number of amides is 1. The molecule has 8 nitrogen and oxygen atoms in total. The topological polar surface area (TPSA) is 95.9 Å². The number of aromatic nitrogens is 4. The minimum absolute atomic E-state index is 0.222. The van der Waals surface area contributed by atoms with Gasteiger partial charge in [0.15, 0.2) is 0 Å². The second kappa shape index (κ2) is 8.61. The smallest absolute Gasteiger partial charge is 0.270 e. The highest BCUT2D eigenvalue weighted by atomic mass is 16.1. The summed E-state index contributed by atoms with van der Waals surface area (Å²) in [7, 11) is 1.60.